The first-order valence-electron chi connectivity index (χ1n) is 6.12. The first-order valence-corrected chi connectivity index (χ1v) is 6.12. The van der Waals surface area contributed by atoms with Crippen molar-refractivity contribution in [3.63, 3.8) is 0 Å². The molecule has 1 heterocycles. The second-order valence-corrected chi connectivity index (χ2v) is 4.37. The van der Waals surface area contributed by atoms with Gasteiger partial charge in [0.05, 0.1) is 0 Å². The lowest BCUT2D eigenvalue weighted by Gasteiger charge is -2.23. The average Bonchev–Trinajstić information content (AvgIpc) is 2.38. The van der Waals surface area contributed by atoms with Crippen LogP contribution in [0.1, 0.15) is 18.4 Å². The van der Waals surface area contributed by atoms with Crippen molar-refractivity contribution in [1.29, 1.82) is 0 Å². The van der Waals surface area contributed by atoms with E-state index in [4.69, 9.17) is 4.74 Å². The number of ether oxygens (including phenoxy) is 1. The number of nitrogens with one attached hydrogen (secondary N) is 2. The Balaban J connectivity index is 1.74. The van der Waals surface area contributed by atoms with Gasteiger partial charge in [-0.1, -0.05) is 12.1 Å². The SMILES string of the molecule is O=C(NC1CCNCC1)OCc1cccc(F)c1. The van der Waals surface area contributed by atoms with E-state index in [1.54, 1.807) is 12.1 Å². The number of alkyl carbamates (subject to hydrolysis) is 1. The van der Waals surface area contributed by atoms with Gasteiger partial charge in [-0.05, 0) is 43.6 Å². The molecule has 0 radical (unpaired) electrons. The molecule has 0 unspecified atom stereocenters. The van der Waals surface area contributed by atoms with E-state index in [9.17, 15) is 9.18 Å². The molecule has 2 rings (SSSR count). The van der Waals surface area contributed by atoms with Gasteiger partial charge in [0.25, 0.3) is 0 Å². The molecule has 0 saturated carbocycles. The van der Waals surface area contributed by atoms with E-state index in [1.807, 2.05) is 0 Å². The molecule has 1 aromatic rings. The number of amides is 1. The fraction of sp³-hybridized carbons (Fsp3) is 0.462. The summed E-state index contributed by atoms with van der Waals surface area (Å²) in [6, 6.07) is 6.21. The van der Waals surface area contributed by atoms with Crippen molar-refractivity contribution in [2.24, 2.45) is 0 Å². The maximum atomic E-state index is 12.9. The van der Waals surface area contributed by atoms with Gasteiger partial charge in [0.2, 0.25) is 0 Å². The Bertz CT molecular complexity index is 406. The van der Waals surface area contributed by atoms with Crippen LogP contribution in [-0.2, 0) is 11.3 Å². The van der Waals surface area contributed by atoms with Crippen molar-refractivity contribution in [1.82, 2.24) is 10.6 Å². The van der Waals surface area contributed by atoms with Crippen molar-refractivity contribution in [2.45, 2.75) is 25.5 Å². The van der Waals surface area contributed by atoms with Gasteiger partial charge in [-0.3, -0.25) is 0 Å². The van der Waals surface area contributed by atoms with Gasteiger partial charge in [-0.25, -0.2) is 9.18 Å². The molecule has 1 fully saturated rings. The van der Waals surface area contributed by atoms with Crippen molar-refractivity contribution < 1.29 is 13.9 Å². The first kappa shape index (κ1) is 12.8. The molecular formula is C13H17FN2O2. The standard InChI is InChI=1S/C13H17FN2O2/c14-11-3-1-2-10(8-11)9-18-13(17)16-12-4-6-15-7-5-12/h1-3,8,12,15H,4-7,9H2,(H,16,17). The maximum Gasteiger partial charge on any atom is 0.407 e. The van der Waals surface area contributed by atoms with Crippen molar-refractivity contribution in [2.75, 3.05) is 13.1 Å². The normalized spacial score (nSPS) is 16.3. The van der Waals surface area contributed by atoms with Crippen LogP contribution in [0.4, 0.5) is 9.18 Å². The maximum absolute atomic E-state index is 12.9. The minimum absolute atomic E-state index is 0.0918. The summed E-state index contributed by atoms with van der Waals surface area (Å²) in [5.74, 6) is -0.324. The summed E-state index contributed by atoms with van der Waals surface area (Å²) in [5.41, 5.74) is 0.649. The molecule has 0 aromatic heterocycles. The van der Waals surface area contributed by atoms with Gasteiger partial charge < -0.3 is 15.4 Å². The van der Waals surface area contributed by atoms with Crippen molar-refractivity contribution in [3.8, 4) is 0 Å². The van der Waals surface area contributed by atoms with Crippen LogP contribution in [0.5, 0.6) is 0 Å². The zero-order valence-electron chi connectivity index (χ0n) is 10.1. The highest BCUT2D eigenvalue weighted by atomic mass is 19.1. The number of carbonyl (C=O) groups is 1. The lowest BCUT2D eigenvalue weighted by atomic mass is 10.1. The summed E-state index contributed by atoms with van der Waals surface area (Å²) in [6.45, 7) is 1.91. The summed E-state index contributed by atoms with van der Waals surface area (Å²) < 4.78 is 17.9. The lowest BCUT2D eigenvalue weighted by Crippen LogP contribution is -2.42. The third-order valence-corrected chi connectivity index (χ3v) is 2.92. The highest BCUT2D eigenvalue weighted by Crippen LogP contribution is 2.06. The Kier molecular flexibility index (Phi) is 4.52. The number of halogens is 1. The second-order valence-electron chi connectivity index (χ2n) is 4.37. The molecular weight excluding hydrogens is 235 g/mol. The molecule has 1 saturated heterocycles. The predicted octanol–water partition coefficient (Wildman–Crippen LogP) is 1.80. The van der Waals surface area contributed by atoms with Crippen LogP contribution in [0.15, 0.2) is 24.3 Å². The fourth-order valence-electron chi connectivity index (χ4n) is 1.95. The van der Waals surface area contributed by atoms with Crippen molar-refractivity contribution in [3.05, 3.63) is 35.6 Å². The highest BCUT2D eigenvalue weighted by molar-refractivity contribution is 5.67. The van der Waals surface area contributed by atoms with Crippen LogP contribution in [0, 0.1) is 5.82 Å². The molecule has 0 aliphatic carbocycles. The summed E-state index contributed by atoms with van der Waals surface area (Å²) in [7, 11) is 0. The Morgan fingerprint density at radius 1 is 1.44 bits per heavy atom. The Morgan fingerprint density at radius 3 is 2.94 bits per heavy atom. The molecule has 0 atom stereocenters. The predicted molar refractivity (Wildman–Crippen MR) is 65.6 cm³/mol. The molecule has 5 heteroatoms. The van der Waals surface area contributed by atoms with E-state index in [0.29, 0.717) is 5.56 Å². The quantitative estimate of drug-likeness (QED) is 0.862. The lowest BCUT2D eigenvalue weighted by molar-refractivity contribution is 0.133. The van der Waals surface area contributed by atoms with Gasteiger partial charge in [0.15, 0.2) is 0 Å². The smallest absolute Gasteiger partial charge is 0.407 e. The molecule has 1 aliphatic heterocycles. The van der Waals surface area contributed by atoms with E-state index < -0.39 is 6.09 Å². The number of rotatable bonds is 3. The molecule has 4 nitrogen and oxygen atoms in total. The Hall–Kier alpha value is -1.62. The second kappa shape index (κ2) is 6.35. The van der Waals surface area contributed by atoms with Crippen LogP contribution in [0.2, 0.25) is 0 Å². The van der Waals surface area contributed by atoms with Gasteiger partial charge in [0.1, 0.15) is 12.4 Å². The zero-order valence-corrected chi connectivity index (χ0v) is 10.1. The molecule has 98 valence electrons. The van der Waals surface area contributed by atoms with E-state index in [2.05, 4.69) is 10.6 Å². The third-order valence-electron chi connectivity index (χ3n) is 2.92. The fourth-order valence-corrected chi connectivity index (χ4v) is 1.95. The van der Waals surface area contributed by atoms with E-state index in [1.165, 1.54) is 12.1 Å². The monoisotopic (exact) mass is 252 g/mol. The number of carbonyl (C=O) groups excluding carboxylic acids is 1. The van der Waals surface area contributed by atoms with Gasteiger partial charge >= 0.3 is 6.09 Å². The Morgan fingerprint density at radius 2 is 2.22 bits per heavy atom. The largest absolute Gasteiger partial charge is 0.445 e. The molecule has 1 amide bonds. The number of hydrogen-bond donors (Lipinski definition) is 2. The summed E-state index contributed by atoms with van der Waals surface area (Å²) in [4.78, 5) is 11.5. The summed E-state index contributed by atoms with van der Waals surface area (Å²) in [5, 5.41) is 6.03. The van der Waals surface area contributed by atoms with Crippen LogP contribution in [0.3, 0.4) is 0 Å². The summed E-state index contributed by atoms with van der Waals surface area (Å²) in [6.07, 6.45) is 1.38. The van der Waals surface area contributed by atoms with Crippen molar-refractivity contribution >= 4 is 6.09 Å². The molecule has 0 spiro atoms. The van der Waals surface area contributed by atoms with Crippen LogP contribution in [0.25, 0.3) is 0 Å². The summed E-state index contributed by atoms with van der Waals surface area (Å²) >= 11 is 0. The van der Waals surface area contributed by atoms with E-state index in [0.717, 1.165) is 25.9 Å². The van der Waals surface area contributed by atoms with Gasteiger partial charge in [0, 0.05) is 6.04 Å². The molecule has 18 heavy (non-hydrogen) atoms. The van der Waals surface area contributed by atoms with E-state index in [-0.39, 0.29) is 18.5 Å². The number of benzene rings is 1. The minimum atomic E-state index is -0.439. The van der Waals surface area contributed by atoms with Gasteiger partial charge in [-0.15, -0.1) is 0 Å². The third kappa shape index (κ3) is 4.00. The molecule has 1 aliphatic rings. The topological polar surface area (TPSA) is 50.4 Å². The number of piperidine rings is 1. The van der Waals surface area contributed by atoms with E-state index >= 15 is 0 Å². The van der Waals surface area contributed by atoms with Gasteiger partial charge in [-0.2, -0.15) is 0 Å². The molecule has 1 aromatic carbocycles. The molecule has 2 N–H and O–H groups in total. The first-order chi connectivity index (χ1) is 8.74. The van der Waals surface area contributed by atoms with Crippen LogP contribution in [-0.4, -0.2) is 25.2 Å². The average molecular weight is 252 g/mol. The Labute approximate surface area is 106 Å². The van der Waals surface area contributed by atoms with Crippen LogP contribution >= 0.6 is 0 Å². The zero-order chi connectivity index (χ0) is 12.8. The highest BCUT2D eigenvalue weighted by Gasteiger charge is 2.15. The van der Waals surface area contributed by atoms with Crippen LogP contribution < -0.4 is 10.6 Å². The number of hydrogen-bond acceptors (Lipinski definition) is 3. The minimum Gasteiger partial charge on any atom is -0.445 e. The molecule has 0 bridgehead atoms.